The Balaban J connectivity index is 1.26. The van der Waals surface area contributed by atoms with E-state index in [0.717, 1.165) is 37.3 Å². The lowest BCUT2D eigenvalue weighted by Gasteiger charge is -2.36. The predicted octanol–water partition coefficient (Wildman–Crippen LogP) is 6.92. The molecular weight excluding hydrogens is 642 g/mol. The number of carbonyl (C=O) groups excluding carboxylic acids is 2. The van der Waals surface area contributed by atoms with E-state index in [2.05, 4.69) is 24.4 Å². The van der Waals surface area contributed by atoms with E-state index < -0.39 is 12.2 Å². The van der Waals surface area contributed by atoms with E-state index in [1.54, 1.807) is 15.9 Å². The van der Waals surface area contributed by atoms with Gasteiger partial charge in [0.25, 0.3) is 5.91 Å². The molecule has 49 heavy (non-hydrogen) atoms. The highest BCUT2D eigenvalue weighted by molar-refractivity contribution is 7.21. The van der Waals surface area contributed by atoms with Crippen molar-refractivity contribution in [1.82, 2.24) is 9.55 Å². The van der Waals surface area contributed by atoms with Crippen molar-refractivity contribution >= 4 is 50.0 Å². The number of hydrogen-bond donors (Lipinski definition) is 2. The highest BCUT2D eigenvalue weighted by Gasteiger charge is 2.39. The lowest BCUT2D eigenvalue weighted by Crippen LogP contribution is -2.38. The molecule has 2 aromatic heterocycles. The van der Waals surface area contributed by atoms with Crippen LogP contribution in [0.25, 0.3) is 31.7 Å². The minimum absolute atomic E-state index is 0.0392. The summed E-state index contributed by atoms with van der Waals surface area (Å²) in [6, 6.07) is 21.6. The van der Waals surface area contributed by atoms with Gasteiger partial charge in [0.1, 0.15) is 5.01 Å². The van der Waals surface area contributed by atoms with Crippen molar-refractivity contribution in [2.45, 2.75) is 39.4 Å². The molecule has 0 spiro atoms. The molecule has 0 saturated carbocycles. The van der Waals surface area contributed by atoms with E-state index in [0.29, 0.717) is 38.5 Å². The van der Waals surface area contributed by atoms with Crippen LogP contribution in [0.4, 0.5) is 5.69 Å². The summed E-state index contributed by atoms with van der Waals surface area (Å²) in [5.41, 5.74) is 5.43. The van der Waals surface area contributed by atoms with E-state index in [9.17, 15) is 9.59 Å². The molecule has 0 bridgehead atoms. The second-order valence-corrected chi connectivity index (χ2v) is 12.9. The summed E-state index contributed by atoms with van der Waals surface area (Å²) in [6.45, 7) is 7.24. The van der Waals surface area contributed by atoms with Gasteiger partial charge >= 0.3 is 0 Å². The van der Waals surface area contributed by atoms with Crippen LogP contribution in [0.1, 0.15) is 42.1 Å². The molecule has 10 nitrogen and oxygen atoms in total. The number of carbonyl (C=O) groups is 2. The number of rotatable bonds is 14. The SMILES string of the molecule is CCO[C@@H]1OC(C(=O)Nc2ccc(-c3nc4ccc(C)cc4s3)cc2)=C[C@H](c2cn(C(C)=O)c3ccccc23)[C@H]1CCOCCOCCO. The zero-order valence-corrected chi connectivity index (χ0v) is 28.7. The van der Waals surface area contributed by atoms with Crippen LogP contribution in [0.3, 0.4) is 0 Å². The van der Waals surface area contributed by atoms with Crippen molar-refractivity contribution in [1.29, 1.82) is 0 Å². The van der Waals surface area contributed by atoms with Gasteiger partial charge in [-0.25, -0.2) is 4.98 Å². The molecule has 5 aromatic rings. The summed E-state index contributed by atoms with van der Waals surface area (Å²) in [6.07, 6.45) is 3.52. The number of nitrogens with one attached hydrogen (secondary N) is 1. The minimum atomic E-state index is -0.737. The van der Waals surface area contributed by atoms with Crippen LogP contribution < -0.4 is 5.32 Å². The molecule has 0 unspecified atom stereocenters. The standard InChI is InChI=1S/C38H41N3O7S/c1-4-47-38-29(15-17-45-19-20-46-18-16-42)30(31-23-41(25(3)43)33-8-6-5-7-28(31)33)22-34(48-38)36(44)39-27-12-10-26(11-13-27)37-40-32-14-9-24(2)21-35(32)49-37/h5-14,21-23,29-30,38,42H,4,15-20H2,1-3H3,(H,39,44)/t29-,30+,38-/m1/s1. The molecule has 3 heterocycles. The number of para-hydroxylation sites is 1. The van der Waals surface area contributed by atoms with Gasteiger partial charge in [-0.1, -0.05) is 24.3 Å². The van der Waals surface area contributed by atoms with E-state index >= 15 is 0 Å². The normalized spacial score (nSPS) is 17.6. The Morgan fingerprint density at radius 3 is 2.55 bits per heavy atom. The fraction of sp³-hybridized carbons (Fsp3) is 0.342. The first-order valence-electron chi connectivity index (χ1n) is 16.5. The van der Waals surface area contributed by atoms with Crippen molar-refractivity contribution < 1.29 is 33.6 Å². The molecule has 0 aliphatic carbocycles. The molecule has 2 N–H and O–H groups in total. The summed E-state index contributed by atoms with van der Waals surface area (Å²) in [4.78, 5) is 31.2. The number of allylic oxidation sites excluding steroid dienone is 1. The van der Waals surface area contributed by atoms with E-state index in [4.69, 9.17) is 29.0 Å². The number of aliphatic hydroxyl groups is 1. The first-order valence-corrected chi connectivity index (χ1v) is 17.3. The predicted molar refractivity (Wildman–Crippen MR) is 191 cm³/mol. The van der Waals surface area contributed by atoms with E-state index in [1.807, 2.05) is 73.8 Å². The lowest BCUT2D eigenvalue weighted by molar-refractivity contribution is -0.166. The van der Waals surface area contributed by atoms with Crippen molar-refractivity contribution in [2.24, 2.45) is 5.92 Å². The van der Waals surface area contributed by atoms with Crippen LogP contribution in [0.2, 0.25) is 0 Å². The van der Waals surface area contributed by atoms with Crippen molar-refractivity contribution in [3.63, 3.8) is 0 Å². The molecule has 1 amide bonds. The molecule has 0 fully saturated rings. The molecule has 1 aliphatic heterocycles. The van der Waals surface area contributed by atoms with Crippen LogP contribution in [0, 0.1) is 12.8 Å². The Kier molecular flexibility index (Phi) is 11.2. The molecule has 256 valence electrons. The first-order chi connectivity index (χ1) is 23.9. The largest absolute Gasteiger partial charge is 0.459 e. The smallest absolute Gasteiger partial charge is 0.290 e. The molecular formula is C38H41N3O7S. The number of nitrogens with zero attached hydrogens (tertiary/aromatic N) is 2. The van der Waals surface area contributed by atoms with Crippen molar-refractivity contribution in [3.8, 4) is 10.6 Å². The summed E-state index contributed by atoms with van der Waals surface area (Å²) >= 11 is 1.64. The molecule has 1 aliphatic rings. The zero-order chi connectivity index (χ0) is 34.3. The van der Waals surface area contributed by atoms with E-state index in [1.165, 1.54) is 12.5 Å². The van der Waals surface area contributed by atoms with Gasteiger partial charge in [-0.3, -0.25) is 14.2 Å². The van der Waals surface area contributed by atoms with Gasteiger partial charge in [-0.2, -0.15) is 0 Å². The maximum atomic E-state index is 13.8. The third kappa shape index (κ3) is 7.92. The molecule has 0 saturated heterocycles. The van der Waals surface area contributed by atoms with Crippen LogP contribution in [-0.4, -0.2) is 72.4 Å². The van der Waals surface area contributed by atoms with Crippen LogP contribution in [0.5, 0.6) is 0 Å². The van der Waals surface area contributed by atoms with E-state index in [-0.39, 0.29) is 36.7 Å². The second kappa shape index (κ2) is 15.9. The topological polar surface area (TPSA) is 121 Å². The number of amides is 1. The Hall–Kier alpha value is -4.39. The fourth-order valence-corrected chi connectivity index (χ4v) is 7.25. The van der Waals surface area contributed by atoms with Crippen LogP contribution in [-0.2, 0) is 23.7 Å². The number of aryl methyl sites for hydroxylation is 1. The number of thiazole rings is 1. The number of ether oxygens (including phenoxy) is 4. The number of aromatic nitrogens is 2. The van der Waals surface area contributed by atoms with Crippen LogP contribution >= 0.6 is 11.3 Å². The maximum Gasteiger partial charge on any atom is 0.290 e. The van der Waals surface area contributed by atoms with Gasteiger partial charge in [0.15, 0.2) is 5.76 Å². The average Bonchev–Trinajstić information content (AvgIpc) is 3.70. The van der Waals surface area contributed by atoms with Crippen LogP contribution in [0.15, 0.2) is 84.8 Å². The van der Waals surface area contributed by atoms with Gasteiger partial charge < -0.3 is 29.4 Å². The Morgan fingerprint density at radius 2 is 1.80 bits per heavy atom. The monoisotopic (exact) mass is 683 g/mol. The lowest BCUT2D eigenvalue weighted by atomic mass is 9.81. The van der Waals surface area contributed by atoms with Gasteiger partial charge in [0.2, 0.25) is 12.2 Å². The molecule has 0 radical (unpaired) electrons. The first kappa shape index (κ1) is 34.5. The second-order valence-electron chi connectivity index (χ2n) is 11.9. The van der Waals surface area contributed by atoms with Crippen molar-refractivity contribution in [2.75, 3.05) is 45.0 Å². The summed E-state index contributed by atoms with van der Waals surface area (Å²) in [5, 5.41) is 13.8. The van der Waals surface area contributed by atoms with Gasteiger partial charge in [-0.05, 0) is 79.9 Å². The third-order valence-electron chi connectivity index (χ3n) is 8.52. The number of aliphatic hydroxyl groups excluding tert-OH is 1. The average molecular weight is 684 g/mol. The molecule has 6 rings (SSSR count). The number of anilines is 1. The highest BCUT2D eigenvalue weighted by atomic mass is 32.1. The Labute approximate surface area is 289 Å². The Morgan fingerprint density at radius 1 is 1.02 bits per heavy atom. The van der Waals surface area contributed by atoms with Gasteiger partial charge in [-0.15, -0.1) is 11.3 Å². The Bertz CT molecular complexity index is 1950. The minimum Gasteiger partial charge on any atom is -0.459 e. The molecule has 3 aromatic carbocycles. The molecule has 11 heteroatoms. The van der Waals surface area contributed by atoms with Gasteiger partial charge in [0.05, 0.1) is 42.2 Å². The summed E-state index contributed by atoms with van der Waals surface area (Å²) in [7, 11) is 0. The quantitative estimate of drug-likeness (QED) is 0.121. The molecule has 3 atom stereocenters. The number of fused-ring (bicyclic) bond motifs is 2. The number of benzene rings is 3. The summed E-state index contributed by atoms with van der Waals surface area (Å²) in [5.74, 6) is -0.911. The zero-order valence-electron chi connectivity index (χ0n) is 27.9. The third-order valence-corrected chi connectivity index (χ3v) is 9.58. The number of hydrogen-bond acceptors (Lipinski definition) is 9. The van der Waals surface area contributed by atoms with Crippen molar-refractivity contribution in [3.05, 3.63) is 95.9 Å². The highest BCUT2D eigenvalue weighted by Crippen LogP contribution is 2.42. The van der Waals surface area contributed by atoms with Gasteiger partial charge in [0, 0.05) is 54.8 Å². The fourth-order valence-electron chi connectivity index (χ4n) is 6.18. The maximum absolute atomic E-state index is 13.8. The summed E-state index contributed by atoms with van der Waals surface area (Å²) < 4.78 is 26.4.